The van der Waals surface area contributed by atoms with E-state index in [4.69, 9.17) is 0 Å². The lowest BCUT2D eigenvalue weighted by Crippen LogP contribution is -2.54. The molecule has 0 heterocycles. The fourth-order valence-corrected chi connectivity index (χ4v) is 1.64. The maximum atomic E-state index is 3.45. The Morgan fingerprint density at radius 2 is 1.79 bits per heavy atom. The van der Waals surface area contributed by atoms with Gasteiger partial charge in [-0.25, -0.2) is 0 Å². The molecule has 0 aliphatic heterocycles. The number of hydrogen-bond acceptors (Lipinski definition) is 2. The van der Waals surface area contributed by atoms with Crippen LogP contribution in [0.3, 0.4) is 0 Å². The van der Waals surface area contributed by atoms with Crippen LogP contribution in [0, 0.1) is 5.92 Å². The molecule has 2 nitrogen and oxygen atoms in total. The van der Waals surface area contributed by atoms with Crippen LogP contribution < -0.4 is 5.32 Å². The largest absolute Gasteiger partial charge is 0.315 e. The molecule has 0 bridgehead atoms. The Kier molecular flexibility index (Phi) is 5.68. The number of nitrogens with zero attached hydrogens (tertiary/aromatic N) is 1. The molecule has 86 valence electrons. The number of hydrogen-bond donors (Lipinski definition) is 1. The average Bonchev–Trinajstić information content (AvgIpc) is 2.12. The molecular formula is C12H28N2. The first-order chi connectivity index (χ1) is 6.36. The lowest BCUT2D eigenvalue weighted by atomic mass is 9.86. The molecule has 1 N–H and O–H groups in total. The second-order valence-corrected chi connectivity index (χ2v) is 5.14. The first kappa shape index (κ1) is 13.9. The van der Waals surface area contributed by atoms with Crippen molar-refractivity contribution in [1.29, 1.82) is 0 Å². The van der Waals surface area contributed by atoms with Gasteiger partial charge < -0.3 is 10.2 Å². The van der Waals surface area contributed by atoms with Crippen LogP contribution in [0.15, 0.2) is 0 Å². The van der Waals surface area contributed by atoms with E-state index in [-0.39, 0.29) is 5.54 Å². The zero-order chi connectivity index (χ0) is 11.4. The third-order valence-corrected chi connectivity index (χ3v) is 3.69. The van der Waals surface area contributed by atoms with Crippen molar-refractivity contribution in [1.82, 2.24) is 10.2 Å². The molecule has 2 unspecified atom stereocenters. The normalized spacial score (nSPS) is 17.1. The van der Waals surface area contributed by atoms with E-state index in [1.807, 2.05) is 0 Å². The predicted molar refractivity (Wildman–Crippen MR) is 64.7 cm³/mol. The molecular weight excluding hydrogens is 172 g/mol. The lowest BCUT2D eigenvalue weighted by molar-refractivity contribution is 0.127. The highest BCUT2D eigenvalue weighted by atomic mass is 15.2. The molecule has 0 aliphatic carbocycles. The standard InChI is InChI=1S/C12H28N2/c1-8-10(2)9-11(13-5)12(3,4)14(6)7/h10-11,13H,8-9H2,1-7H3. The molecule has 0 aliphatic rings. The Morgan fingerprint density at radius 3 is 2.07 bits per heavy atom. The van der Waals surface area contributed by atoms with Crippen molar-refractivity contribution in [2.45, 2.75) is 52.1 Å². The van der Waals surface area contributed by atoms with Gasteiger partial charge in [0.25, 0.3) is 0 Å². The second-order valence-electron chi connectivity index (χ2n) is 5.14. The van der Waals surface area contributed by atoms with Gasteiger partial charge in [-0.3, -0.25) is 0 Å². The minimum Gasteiger partial charge on any atom is -0.315 e. The maximum Gasteiger partial charge on any atom is 0.0300 e. The summed E-state index contributed by atoms with van der Waals surface area (Å²) in [5.74, 6) is 0.798. The SMILES string of the molecule is CCC(C)CC(NC)C(C)(C)N(C)C. The summed E-state index contributed by atoms with van der Waals surface area (Å²) in [4.78, 5) is 2.30. The highest BCUT2D eigenvalue weighted by Crippen LogP contribution is 2.22. The van der Waals surface area contributed by atoms with Gasteiger partial charge in [-0.1, -0.05) is 20.3 Å². The topological polar surface area (TPSA) is 15.3 Å². The molecule has 0 aromatic heterocycles. The fourth-order valence-electron chi connectivity index (χ4n) is 1.64. The van der Waals surface area contributed by atoms with Gasteiger partial charge in [-0.05, 0) is 47.3 Å². The van der Waals surface area contributed by atoms with Gasteiger partial charge in [-0.2, -0.15) is 0 Å². The zero-order valence-electron chi connectivity index (χ0n) is 11.0. The van der Waals surface area contributed by atoms with Gasteiger partial charge in [0.15, 0.2) is 0 Å². The lowest BCUT2D eigenvalue weighted by Gasteiger charge is -2.41. The van der Waals surface area contributed by atoms with Crippen molar-refractivity contribution < 1.29 is 0 Å². The number of rotatable bonds is 6. The Balaban J connectivity index is 4.39. The third-order valence-electron chi connectivity index (χ3n) is 3.69. The molecule has 14 heavy (non-hydrogen) atoms. The molecule has 0 saturated carbocycles. The van der Waals surface area contributed by atoms with Crippen LogP contribution in [0.25, 0.3) is 0 Å². The van der Waals surface area contributed by atoms with Crippen LogP contribution in [0.2, 0.25) is 0 Å². The summed E-state index contributed by atoms with van der Waals surface area (Å²) in [6.07, 6.45) is 2.51. The molecule has 0 aromatic carbocycles. The number of likely N-dealkylation sites (N-methyl/N-ethyl adjacent to an activating group) is 2. The third kappa shape index (κ3) is 3.58. The summed E-state index contributed by atoms with van der Waals surface area (Å²) in [5, 5.41) is 3.45. The summed E-state index contributed by atoms with van der Waals surface area (Å²) in [6, 6.07) is 0.562. The van der Waals surface area contributed by atoms with Crippen LogP contribution in [0.5, 0.6) is 0 Å². The van der Waals surface area contributed by atoms with Gasteiger partial charge in [0.05, 0.1) is 0 Å². The van der Waals surface area contributed by atoms with Gasteiger partial charge in [0, 0.05) is 11.6 Å². The summed E-state index contributed by atoms with van der Waals surface area (Å²) < 4.78 is 0. The van der Waals surface area contributed by atoms with Crippen molar-refractivity contribution in [3.8, 4) is 0 Å². The minimum absolute atomic E-state index is 0.220. The fraction of sp³-hybridized carbons (Fsp3) is 1.00. The Morgan fingerprint density at radius 1 is 1.29 bits per heavy atom. The van der Waals surface area contributed by atoms with E-state index in [0.29, 0.717) is 6.04 Å². The summed E-state index contributed by atoms with van der Waals surface area (Å²) >= 11 is 0. The average molecular weight is 200 g/mol. The first-order valence-corrected chi connectivity index (χ1v) is 5.70. The van der Waals surface area contributed by atoms with Crippen LogP contribution in [-0.4, -0.2) is 37.6 Å². The molecule has 0 fully saturated rings. The Bertz CT molecular complexity index is 152. The summed E-state index contributed by atoms with van der Waals surface area (Å²) in [7, 11) is 6.38. The van der Waals surface area contributed by atoms with Crippen LogP contribution in [-0.2, 0) is 0 Å². The van der Waals surface area contributed by atoms with E-state index >= 15 is 0 Å². The molecule has 0 rings (SSSR count). The molecule has 2 atom stereocenters. The predicted octanol–water partition coefficient (Wildman–Crippen LogP) is 2.35. The van der Waals surface area contributed by atoms with Gasteiger partial charge in [0.2, 0.25) is 0 Å². The Labute approximate surface area is 90.1 Å². The molecule has 2 heteroatoms. The zero-order valence-corrected chi connectivity index (χ0v) is 11.0. The van der Waals surface area contributed by atoms with Gasteiger partial charge in [0.1, 0.15) is 0 Å². The summed E-state index contributed by atoms with van der Waals surface area (Å²) in [6.45, 7) is 9.20. The highest BCUT2D eigenvalue weighted by molar-refractivity contribution is 4.91. The van der Waals surface area contributed by atoms with Crippen LogP contribution in [0.1, 0.15) is 40.5 Å². The highest BCUT2D eigenvalue weighted by Gasteiger charge is 2.30. The number of nitrogens with one attached hydrogen (secondary N) is 1. The molecule has 0 spiro atoms. The van der Waals surface area contributed by atoms with E-state index < -0.39 is 0 Å². The Hall–Kier alpha value is -0.0800. The van der Waals surface area contributed by atoms with E-state index in [9.17, 15) is 0 Å². The van der Waals surface area contributed by atoms with Crippen LogP contribution >= 0.6 is 0 Å². The quantitative estimate of drug-likeness (QED) is 0.708. The molecule has 0 radical (unpaired) electrons. The molecule has 0 amide bonds. The molecule has 0 saturated heterocycles. The van der Waals surface area contributed by atoms with Gasteiger partial charge >= 0.3 is 0 Å². The second kappa shape index (κ2) is 5.72. The van der Waals surface area contributed by atoms with Crippen molar-refractivity contribution in [2.75, 3.05) is 21.1 Å². The monoisotopic (exact) mass is 200 g/mol. The van der Waals surface area contributed by atoms with Crippen molar-refractivity contribution in [3.05, 3.63) is 0 Å². The van der Waals surface area contributed by atoms with Crippen molar-refractivity contribution >= 4 is 0 Å². The van der Waals surface area contributed by atoms with Crippen molar-refractivity contribution in [3.63, 3.8) is 0 Å². The van der Waals surface area contributed by atoms with E-state index in [2.05, 4.69) is 59.1 Å². The van der Waals surface area contributed by atoms with E-state index in [0.717, 1.165) is 5.92 Å². The molecule has 0 aromatic rings. The maximum absolute atomic E-state index is 3.45. The van der Waals surface area contributed by atoms with Crippen molar-refractivity contribution in [2.24, 2.45) is 5.92 Å². The van der Waals surface area contributed by atoms with Crippen LogP contribution in [0.4, 0.5) is 0 Å². The van der Waals surface area contributed by atoms with Gasteiger partial charge in [-0.15, -0.1) is 0 Å². The summed E-state index contributed by atoms with van der Waals surface area (Å²) in [5.41, 5.74) is 0.220. The van der Waals surface area contributed by atoms with E-state index in [1.54, 1.807) is 0 Å². The van der Waals surface area contributed by atoms with E-state index in [1.165, 1.54) is 12.8 Å². The first-order valence-electron chi connectivity index (χ1n) is 5.70. The smallest absolute Gasteiger partial charge is 0.0300 e. The minimum atomic E-state index is 0.220.